The van der Waals surface area contributed by atoms with E-state index in [0.29, 0.717) is 0 Å². The fraction of sp³-hybridized carbons (Fsp3) is 0.167. The molecule has 0 radical (unpaired) electrons. The second-order valence-electron chi connectivity index (χ2n) is 5.85. The van der Waals surface area contributed by atoms with Gasteiger partial charge in [-0.05, 0) is 22.6 Å². The zero-order valence-corrected chi connectivity index (χ0v) is 12.4. The number of alkyl halides is 6. The van der Waals surface area contributed by atoms with Crippen LogP contribution in [0.15, 0.2) is 54.7 Å². The number of nitrogens with zero attached hydrogens (tertiary/aromatic N) is 1. The Morgan fingerprint density at radius 3 is 2.04 bits per heavy atom. The quantitative estimate of drug-likeness (QED) is 0.478. The summed E-state index contributed by atoms with van der Waals surface area (Å²) in [7, 11) is 0. The summed E-state index contributed by atoms with van der Waals surface area (Å²) < 4.78 is 84.3. The molecule has 4 rings (SSSR count). The van der Waals surface area contributed by atoms with Gasteiger partial charge in [0.05, 0.1) is 5.69 Å². The predicted octanol–water partition coefficient (Wildman–Crippen LogP) is 5.63. The minimum absolute atomic E-state index is 0.113. The normalized spacial score (nSPS) is 15.9. The molecule has 0 aliphatic heterocycles. The highest BCUT2D eigenvalue weighted by Gasteiger charge is 2.74. The fourth-order valence-electron chi connectivity index (χ4n) is 3.68. The minimum atomic E-state index is -5.57. The van der Waals surface area contributed by atoms with Crippen LogP contribution < -0.4 is 0 Å². The summed E-state index contributed by atoms with van der Waals surface area (Å²) in [6, 6.07) is 9.71. The molecule has 0 fully saturated rings. The van der Waals surface area contributed by atoms with Gasteiger partial charge in [-0.25, -0.2) is 0 Å². The van der Waals surface area contributed by atoms with Crippen molar-refractivity contribution in [3.63, 3.8) is 0 Å². The van der Waals surface area contributed by atoms with Gasteiger partial charge in [0.1, 0.15) is 0 Å². The van der Waals surface area contributed by atoms with Crippen molar-refractivity contribution >= 4 is 10.8 Å². The second-order valence-corrected chi connectivity index (χ2v) is 5.85. The molecule has 0 saturated carbocycles. The van der Waals surface area contributed by atoms with Crippen molar-refractivity contribution in [1.29, 1.82) is 0 Å². The Labute approximate surface area is 137 Å². The number of fused-ring (bicyclic) bond motifs is 2. The Morgan fingerprint density at radius 1 is 0.720 bits per heavy atom. The number of hydrogen-bond acceptors (Lipinski definition) is 1. The first kappa shape index (κ1) is 15.9. The standard InChI is InChI=1S/C18H9F6N/c19-17(20,21)16(18(22,23)24)12-6-2-1-5-11(12)15-14-10(8-9-25-15)4-3-7-13(14)16/h1-9H. The summed E-state index contributed by atoms with van der Waals surface area (Å²) in [6.07, 6.45) is -9.75. The third kappa shape index (κ3) is 1.83. The van der Waals surface area contributed by atoms with Gasteiger partial charge >= 0.3 is 12.4 Å². The van der Waals surface area contributed by atoms with Crippen molar-refractivity contribution in [2.45, 2.75) is 17.8 Å². The molecule has 2 aromatic carbocycles. The van der Waals surface area contributed by atoms with Crippen molar-refractivity contribution in [3.8, 4) is 11.3 Å². The van der Waals surface area contributed by atoms with Crippen LogP contribution in [0.4, 0.5) is 26.3 Å². The summed E-state index contributed by atoms with van der Waals surface area (Å²) in [5.74, 6) is 0. The highest BCUT2D eigenvalue weighted by Crippen LogP contribution is 2.61. The van der Waals surface area contributed by atoms with Crippen LogP contribution in [-0.4, -0.2) is 17.3 Å². The number of hydrogen-bond donors (Lipinski definition) is 0. The van der Waals surface area contributed by atoms with E-state index in [1.54, 1.807) is 0 Å². The Bertz CT molecular complexity index is 968. The number of rotatable bonds is 0. The third-order valence-corrected chi connectivity index (χ3v) is 4.63. The molecule has 0 bridgehead atoms. The first-order chi connectivity index (χ1) is 11.7. The van der Waals surface area contributed by atoms with Gasteiger partial charge in [0.15, 0.2) is 0 Å². The third-order valence-electron chi connectivity index (χ3n) is 4.63. The molecule has 7 heteroatoms. The molecule has 0 spiro atoms. The monoisotopic (exact) mass is 353 g/mol. The van der Waals surface area contributed by atoms with Crippen LogP contribution in [0.5, 0.6) is 0 Å². The van der Waals surface area contributed by atoms with E-state index in [4.69, 9.17) is 0 Å². The van der Waals surface area contributed by atoms with Crippen LogP contribution in [0.2, 0.25) is 0 Å². The van der Waals surface area contributed by atoms with Gasteiger partial charge in [0.2, 0.25) is 5.41 Å². The van der Waals surface area contributed by atoms with E-state index in [9.17, 15) is 26.3 Å². The average molecular weight is 353 g/mol. The second kappa shape index (κ2) is 4.74. The number of aromatic nitrogens is 1. The van der Waals surface area contributed by atoms with Crippen molar-refractivity contribution in [2.24, 2.45) is 0 Å². The van der Waals surface area contributed by atoms with Crippen molar-refractivity contribution in [1.82, 2.24) is 4.98 Å². The molecule has 1 aliphatic carbocycles. The molecule has 3 aromatic rings. The molecule has 0 atom stereocenters. The van der Waals surface area contributed by atoms with E-state index < -0.39 is 28.9 Å². The molecular formula is C18H9F6N. The van der Waals surface area contributed by atoms with E-state index in [2.05, 4.69) is 4.98 Å². The molecule has 1 nitrogen and oxygen atoms in total. The molecule has 1 aliphatic rings. The van der Waals surface area contributed by atoms with E-state index in [0.717, 1.165) is 12.1 Å². The maximum absolute atomic E-state index is 14.1. The lowest BCUT2D eigenvalue weighted by Gasteiger charge is -2.42. The smallest absolute Gasteiger partial charge is 0.256 e. The summed E-state index contributed by atoms with van der Waals surface area (Å²) in [6.45, 7) is 0. The molecule has 1 aromatic heterocycles. The highest BCUT2D eigenvalue weighted by atomic mass is 19.4. The lowest BCUT2D eigenvalue weighted by atomic mass is 9.66. The number of benzene rings is 2. The number of halogens is 6. The molecule has 0 amide bonds. The Morgan fingerprint density at radius 2 is 1.36 bits per heavy atom. The number of pyridine rings is 1. The van der Waals surface area contributed by atoms with Gasteiger partial charge in [-0.2, -0.15) is 26.3 Å². The zero-order chi connectivity index (χ0) is 18.0. The van der Waals surface area contributed by atoms with Crippen molar-refractivity contribution in [2.75, 3.05) is 0 Å². The largest absolute Gasteiger partial charge is 0.411 e. The Balaban J connectivity index is 2.33. The van der Waals surface area contributed by atoms with Gasteiger partial charge in [0, 0.05) is 17.1 Å². The lowest BCUT2D eigenvalue weighted by molar-refractivity contribution is -0.288. The van der Waals surface area contributed by atoms with E-state index in [1.807, 2.05) is 0 Å². The van der Waals surface area contributed by atoms with Crippen molar-refractivity contribution < 1.29 is 26.3 Å². The van der Waals surface area contributed by atoms with E-state index >= 15 is 0 Å². The van der Waals surface area contributed by atoms with Crippen LogP contribution in [-0.2, 0) is 5.41 Å². The SMILES string of the molecule is FC(F)(F)C1(C(F)(F)F)c2ccccc2-c2nccc3cccc1c23. The summed E-state index contributed by atoms with van der Waals surface area (Å²) in [4.78, 5) is 4.07. The zero-order valence-electron chi connectivity index (χ0n) is 12.4. The molecule has 128 valence electrons. The highest BCUT2D eigenvalue weighted by molar-refractivity contribution is 6.01. The molecule has 25 heavy (non-hydrogen) atoms. The van der Waals surface area contributed by atoms with Gasteiger partial charge in [-0.1, -0.05) is 42.5 Å². The first-order valence-electron chi connectivity index (χ1n) is 7.31. The van der Waals surface area contributed by atoms with Crippen molar-refractivity contribution in [3.05, 3.63) is 65.9 Å². The molecular weight excluding hydrogens is 344 g/mol. The summed E-state index contributed by atoms with van der Waals surface area (Å²) in [5, 5.41) is 0.174. The van der Waals surface area contributed by atoms with Gasteiger partial charge < -0.3 is 0 Å². The van der Waals surface area contributed by atoms with Crippen LogP contribution in [0.3, 0.4) is 0 Å². The van der Waals surface area contributed by atoms with Gasteiger partial charge in [-0.3, -0.25) is 4.98 Å². The van der Waals surface area contributed by atoms with Gasteiger partial charge in [0.25, 0.3) is 0 Å². The van der Waals surface area contributed by atoms with E-state index in [-0.39, 0.29) is 22.0 Å². The minimum Gasteiger partial charge on any atom is -0.256 e. The maximum Gasteiger partial charge on any atom is 0.411 e. The topological polar surface area (TPSA) is 12.9 Å². The maximum atomic E-state index is 14.1. The first-order valence-corrected chi connectivity index (χ1v) is 7.31. The lowest BCUT2D eigenvalue weighted by Crippen LogP contribution is -2.56. The average Bonchev–Trinajstić information content (AvgIpc) is 2.53. The predicted molar refractivity (Wildman–Crippen MR) is 80.1 cm³/mol. The summed E-state index contributed by atoms with van der Waals surface area (Å²) in [5.41, 5.74) is -5.78. The fourth-order valence-corrected chi connectivity index (χ4v) is 3.68. The molecule has 0 unspecified atom stereocenters. The molecule has 0 N–H and O–H groups in total. The van der Waals surface area contributed by atoms with Crippen LogP contribution in [0.25, 0.3) is 22.0 Å². The van der Waals surface area contributed by atoms with Crippen LogP contribution in [0, 0.1) is 0 Å². The Kier molecular flexibility index (Phi) is 3.02. The van der Waals surface area contributed by atoms with Crippen LogP contribution >= 0.6 is 0 Å². The summed E-state index contributed by atoms with van der Waals surface area (Å²) >= 11 is 0. The van der Waals surface area contributed by atoms with E-state index in [1.165, 1.54) is 42.6 Å². The molecule has 1 heterocycles. The van der Waals surface area contributed by atoms with Gasteiger partial charge in [-0.15, -0.1) is 0 Å². The van der Waals surface area contributed by atoms with Crippen LogP contribution in [0.1, 0.15) is 11.1 Å². The molecule has 0 saturated heterocycles. The Hall–Kier alpha value is -2.57.